The van der Waals surface area contributed by atoms with Crippen LogP contribution in [-0.2, 0) is 0 Å². The molecule has 1 atom stereocenters. The van der Waals surface area contributed by atoms with Crippen molar-refractivity contribution in [2.24, 2.45) is 0 Å². The molecule has 5 heteroatoms. The number of hydrogen-bond acceptors (Lipinski definition) is 4. The zero-order chi connectivity index (χ0) is 15.2. The molecular weight excluding hydrogens is 268 g/mol. The van der Waals surface area contributed by atoms with E-state index in [9.17, 15) is 4.79 Å². The highest BCUT2D eigenvalue weighted by Crippen LogP contribution is 2.22. The van der Waals surface area contributed by atoms with Crippen molar-refractivity contribution in [1.29, 1.82) is 0 Å². The maximum absolute atomic E-state index is 12.3. The van der Waals surface area contributed by atoms with Crippen molar-refractivity contribution in [1.82, 2.24) is 10.2 Å². The maximum atomic E-state index is 12.3. The van der Waals surface area contributed by atoms with Crippen LogP contribution in [0, 0.1) is 0 Å². The third kappa shape index (κ3) is 3.88. The van der Waals surface area contributed by atoms with Crippen LogP contribution in [0.5, 0.6) is 11.5 Å². The third-order valence-corrected chi connectivity index (χ3v) is 4.02. The lowest BCUT2D eigenvalue weighted by Gasteiger charge is -2.22. The first-order chi connectivity index (χ1) is 10.2. The van der Waals surface area contributed by atoms with Crippen LogP contribution in [-0.4, -0.2) is 50.7 Å². The fourth-order valence-corrected chi connectivity index (χ4v) is 2.79. The van der Waals surface area contributed by atoms with Crippen molar-refractivity contribution in [3.63, 3.8) is 0 Å². The fraction of sp³-hybridized carbons (Fsp3) is 0.562. The molecule has 1 amide bonds. The predicted molar refractivity (Wildman–Crippen MR) is 82.1 cm³/mol. The topological polar surface area (TPSA) is 50.8 Å². The molecule has 116 valence electrons. The smallest absolute Gasteiger partial charge is 0.251 e. The second-order valence-corrected chi connectivity index (χ2v) is 5.24. The van der Waals surface area contributed by atoms with Crippen LogP contribution in [0.25, 0.3) is 0 Å². The van der Waals surface area contributed by atoms with Crippen LogP contribution in [0.15, 0.2) is 18.2 Å². The average Bonchev–Trinajstić information content (AvgIpc) is 2.99. The number of nitrogens with zero attached hydrogens (tertiary/aromatic N) is 1. The summed E-state index contributed by atoms with van der Waals surface area (Å²) in [5.74, 6) is 1.15. The number of rotatable bonds is 6. The third-order valence-electron chi connectivity index (χ3n) is 4.02. The van der Waals surface area contributed by atoms with Gasteiger partial charge in [0.1, 0.15) is 11.5 Å². The lowest BCUT2D eigenvalue weighted by Crippen LogP contribution is -2.40. The zero-order valence-corrected chi connectivity index (χ0v) is 13.0. The Hall–Kier alpha value is -1.75. The molecule has 0 unspecified atom stereocenters. The maximum Gasteiger partial charge on any atom is 0.251 e. The Morgan fingerprint density at radius 2 is 1.95 bits per heavy atom. The number of nitrogens with one attached hydrogen (secondary N) is 1. The van der Waals surface area contributed by atoms with E-state index in [2.05, 4.69) is 17.1 Å². The van der Waals surface area contributed by atoms with Crippen molar-refractivity contribution in [3.05, 3.63) is 23.8 Å². The van der Waals surface area contributed by atoms with Gasteiger partial charge >= 0.3 is 0 Å². The highest BCUT2D eigenvalue weighted by atomic mass is 16.5. The minimum Gasteiger partial charge on any atom is -0.497 e. The van der Waals surface area contributed by atoms with Gasteiger partial charge in [-0.15, -0.1) is 0 Å². The minimum atomic E-state index is -0.0878. The molecule has 1 aliphatic heterocycles. The average molecular weight is 292 g/mol. The van der Waals surface area contributed by atoms with Gasteiger partial charge in [0.25, 0.3) is 5.91 Å². The molecule has 0 aromatic heterocycles. The molecule has 1 aromatic rings. The second kappa shape index (κ2) is 7.31. The Morgan fingerprint density at radius 3 is 2.52 bits per heavy atom. The number of methoxy groups -OCH3 is 2. The highest BCUT2D eigenvalue weighted by Gasteiger charge is 2.23. The molecule has 0 aliphatic carbocycles. The Bertz CT molecular complexity index is 468. The Labute approximate surface area is 126 Å². The molecule has 1 fully saturated rings. The van der Waals surface area contributed by atoms with Crippen molar-refractivity contribution in [3.8, 4) is 11.5 Å². The number of ether oxygens (including phenoxy) is 2. The number of carbonyl (C=O) groups is 1. The Balaban J connectivity index is 1.99. The van der Waals surface area contributed by atoms with Crippen LogP contribution in [0.4, 0.5) is 0 Å². The van der Waals surface area contributed by atoms with Gasteiger partial charge in [-0.3, -0.25) is 9.69 Å². The molecule has 0 bridgehead atoms. The number of hydrogen-bond donors (Lipinski definition) is 1. The number of likely N-dealkylation sites (tertiary alicyclic amines) is 1. The first-order valence-electron chi connectivity index (χ1n) is 7.43. The first kappa shape index (κ1) is 15.6. The van der Waals surface area contributed by atoms with E-state index in [4.69, 9.17) is 9.47 Å². The summed E-state index contributed by atoms with van der Waals surface area (Å²) in [4.78, 5) is 14.7. The van der Waals surface area contributed by atoms with Crippen LogP contribution in [0.2, 0.25) is 0 Å². The molecule has 5 nitrogen and oxygen atoms in total. The fourth-order valence-electron chi connectivity index (χ4n) is 2.79. The van der Waals surface area contributed by atoms with Crippen LogP contribution in [0.1, 0.15) is 30.1 Å². The lowest BCUT2D eigenvalue weighted by molar-refractivity contribution is 0.0940. The van der Waals surface area contributed by atoms with Gasteiger partial charge in [-0.25, -0.2) is 0 Å². The normalized spacial score (nSPS) is 18.5. The summed E-state index contributed by atoms with van der Waals surface area (Å²) in [5.41, 5.74) is 0.562. The number of amides is 1. The van der Waals surface area contributed by atoms with Gasteiger partial charge in [-0.2, -0.15) is 0 Å². The van der Waals surface area contributed by atoms with Gasteiger partial charge in [0.15, 0.2) is 0 Å². The molecule has 1 N–H and O–H groups in total. The van der Waals surface area contributed by atoms with E-state index in [1.807, 2.05) is 0 Å². The molecule has 21 heavy (non-hydrogen) atoms. The van der Waals surface area contributed by atoms with E-state index in [0.717, 1.165) is 19.5 Å². The number of likely N-dealkylation sites (N-methyl/N-ethyl adjacent to an activating group) is 1. The molecule has 0 saturated carbocycles. The van der Waals surface area contributed by atoms with E-state index in [1.165, 1.54) is 6.42 Å². The molecular formula is C16H24N2O3. The monoisotopic (exact) mass is 292 g/mol. The summed E-state index contributed by atoms with van der Waals surface area (Å²) in [6.45, 7) is 5.01. The van der Waals surface area contributed by atoms with Crippen molar-refractivity contribution < 1.29 is 14.3 Å². The van der Waals surface area contributed by atoms with E-state index < -0.39 is 0 Å². The summed E-state index contributed by atoms with van der Waals surface area (Å²) in [5, 5.41) is 3.02. The number of carbonyl (C=O) groups excluding carboxylic acids is 1. The quantitative estimate of drug-likeness (QED) is 0.870. The lowest BCUT2D eigenvalue weighted by atomic mass is 10.1. The minimum absolute atomic E-state index is 0.0878. The molecule has 1 saturated heterocycles. The summed E-state index contributed by atoms with van der Waals surface area (Å²) >= 11 is 0. The molecule has 1 aliphatic rings. The van der Waals surface area contributed by atoms with Gasteiger partial charge in [0, 0.05) is 24.2 Å². The van der Waals surface area contributed by atoms with Gasteiger partial charge in [0.05, 0.1) is 14.2 Å². The SMILES string of the molecule is CCN1CCC[C@@H]1CNC(=O)c1cc(OC)cc(OC)c1. The molecule has 0 spiro atoms. The van der Waals surface area contributed by atoms with Gasteiger partial charge < -0.3 is 14.8 Å². The molecule has 1 aromatic carbocycles. The van der Waals surface area contributed by atoms with Crippen molar-refractivity contribution >= 4 is 5.91 Å². The van der Waals surface area contributed by atoms with Gasteiger partial charge in [0.2, 0.25) is 0 Å². The second-order valence-electron chi connectivity index (χ2n) is 5.24. The first-order valence-corrected chi connectivity index (χ1v) is 7.43. The van der Waals surface area contributed by atoms with Gasteiger partial charge in [-0.1, -0.05) is 6.92 Å². The standard InChI is InChI=1S/C16H24N2O3/c1-4-18-7-5-6-13(18)11-17-16(19)12-8-14(20-2)10-15(9-12)21-3/h8-10,13H,4-7,11H2,1-3H3,(H,17,19)/t13-/m1/s1. The summed E-state index contributed by atoms with van der Waals surface area (Å²) in [6, 6.07) is 5.66. The zero-order valence-electron chi connectivity index (χ0n) is 13.0. The van der Waals surface area contributed by atoms with Crippen LogP contribution in [0.3, 0.4) is 0 Å². The van der Waals surface area contributed by atoms with E-state index in [-0.39, 0.29) is 5.91 Å². The predicted octanol–water partition coefficient (Wildman–Crippen LogP) is 1.92. The number of benzene rings is 1. The Morgan fingerprint density at radius 1 is 1.29 bits per heavy atom. The molecule has 2 rings (SSSR count). The van der Waals surface area contributed by atoms with Crippen molar-refractivity contribution in [2.45, 2.75) is 25.8 Å². The summed E-state index contributed by atoms with van der Waals surface area (Å²) in [7, 11) is 3.15. The van der Waals surface area contributed by atoms with Gasteiger partial charge in [-0.05, 0) is 38.1 Å². The van der Waals surface area contributed by atoms with Crippen LogP contribution >= 0.6 is 0 Å². The highest BCUT2D eigenvalue weighted by molar-refractivity contribution is 5.95. The van der Waals surface area contributed by atoms with E-state index in [1.54, 1.807) is 32.4 Å². The summed E-state index contributed by atoms with van der Waals surface area (Å²) in [6.07, 6.45) is 2.36. The van der Waals surface area contributed by atoms with E-state index in [0.29, 0.717) is 29.6 Å². The molecule has 0 radical (unpaired) electrons. The molecule has 1 heterocycles. The van der Waals surface area contributed by atoms with Crippen LogP contribution < -0.4 is 14.8 Å². The van der Waals surface area contributed by atoms with Crippen molar-refractivity contribution in [2.75, 3.05) is 33.9 Å². The summed E-state index contributed by atoms with van der Waals surface area (Å²) < 4.78 is 10.4. The van der Waals surface area contributed by atoms with E-state index >= 15 is 0 Å². The Kier molecular flexibility index (Phi) is 5.44. The largest absolute Gasteiger partial charge is 0.497 e.